The van der Waals surface area contributed by atoms with E-state index >= 15 is 0 Å². The minimum atomic E-state index is -0.0282. The van der Waals surface area contributed by atoms with Crippen LogP contribution in [0.1, 0.15) is 26.3 Å². The predicted octanol–water partition coefficient (Wildman–Crippen LogP) is 3.03. The fourth-order valence-electron chi connectivity index (χ4n) is 2.09. The van der Waals surface area contributed by atoms with E-state index in [2.05, 4.69) is 38.4 Å². The number of ether oxygens (including phenoxy) is 1. The van der Waals surface area contributed by atoms with Gasteiger partial charge in [-0.2, -0.15) is 5.10 Å². The van der Waals surface area contributed by atoms with Crippen molar-refractivity contribution < 1.29 is 4.74 Å². The fraction of sp³-hybridized carbons (Fsp3) is 0.438. The van der Waals surface area contributed by atoms with Gasteiger partial charge in [-0.15, -0.1) is 0 Å². The number of benzene rings is 1. The molecule has 4 nitrogen and oxygen atoms in total. The first kappa shape index (κ1) is 14.6. The van der Waals surface area contributed by atoms with Gasteiger partial charge in [0.15, 0.2) is 0 Å². The van der Waals surface area contributed by atoms with Crippen molar-refractivity contribution >= 4 is 0 Å². The Labute approximate surface area is 120 Å². The van der Waals surface area contributed by atoms with Crippen LogP contribution in [-0.2, 0) is 12.1 Å². The number of rotatable bonds is 4. The lowest BCUT2D eigenvalue weighted by Crippen LogP contribution is -2.22. The zero-order valence-corrected chi connectivity index (χ0v) is 12.9. The van der Waals surface area contributed by atoms with Gasteiger partial charge in [-0.3, -0.25) is 4.68 Å². The third-order valence-corrected chi connectivity index (χ3v) is 3.19. The lowest BCUT2D eigenvalue weighted by molar-refractivity contribution is 0.356. The van der Waals surface area contributed by atoms with Crippen LogP contribution >= 0.6 is 0 Å². The molecule has 1 aromatic heterocycles. The predicted molar refractivity (Wildman–Crippen MR) is 82.0 cm³/mol. The molecular weight excluding hydrogens is 250 g/mol. The molecule has 2 aromatic rings. The van der Waals surface area contributed by atoms with Gasteiger partial charge in [-0.1, -0.05) is 12.1 Å². The number of hydrogen-bond acceptors (Lipinski definition) is 3. The van der Waals surface area contributed by atoms with Crippen LogP contribution in [0.4, 0.5) is 0 Å². The summed E-state index contributed by atoms with van der Waals surface area (Å²) in [5.41, 5.74) is 3.25. The van der Waals surface area contributed by atoms with E-state index in [9.17, 15) is 0 Å². The summed E-state index contributed by atoms with van der Waals surface area (Å²) >= 11 is 0. The Morgan fingerprint density at radius 1 is 1.30 bits per heavy atom. The molecule has 0 aliphatic heterocycles. The Bertz CT molecular complexity index is 582. The first-order valence-electron chi connectivity index (χ1n) is 6.83. The third-order valence-electron chi connectivity index (χ3n) is 3.19. The molecule has 1 N–H and O–H groups in total. The Kier molecular flexibility index (Phi) is 4.14. The minimum Gasteiger partial charge on any atom is -0.497 e. The highest BCUT2D eigenvalue weighted by atomic mass is 16.5. The molecule has 0 spiro atoms. The third kappa shape index (κ3) is 3.02. The average molecular weight is 273 g/mol. The highest BCUT2D eigenvalue weighted by Gasteiger charge is 2.18. The Balaban J connectivity index is 2.50. The highest BCUT2D eigenvalue weighted by Crippen LogP contribution is 2.27. The number of nitrogens with one attached hydrogen (secondary N) is 1. The molecule has 20 heavy (non-hydrogen) atoms. The molecule has 0 aliphatic rings. The number of methoxy groups -OCH3 is 1. The average Bonchev–Trinajstić information content (AvgIpc) is 2.83. The van der Waals surface area contributed by atoms with Crippen molar-refractivity contribution in [2.75, 3.05) is 14.2 Å². The molecule has 4 heteroatoms. The molecule has 2 rings (SSSR count). The van der Waals surface area contributed by atoms with Crippen LogP contribution in [0, 0.1) is 0 Å². The summed E-state index contributed by atoms with van der Waals surface area (Å²) in [7, 11) is 3.63. The highest BCUT2D eigenvalue weighted by molar-refractivity contribution is 5.64. The van der Waals surface area contributed by atoms with Crippen LogP contribution in [0.3, 0.4) is 0 Å². The molecular formula is C16H23N3O. The lowest BCUT2D eigenvalue weighted by Gasteiger charge is -2.18. The first-order chi connectivity index (χ1) is 9.45. The zero-order chi connectivity index (χ0) is 14.8. The van der Waals surface area contributed by atoms with Gasteiger partial charge < -0.3 is 10.1 Å². The van der Waals surface area contributed by atoms with Crippen LogP contribution < -0.4 is 10.1 Å². The largest absolute Gasteiger partial charge is 0.497 e. The Morgan fingerprint density at radius 3 is 2.65 bits per heavy atom. The second-order valence-corrected chi connectivity index (χ2v) is 5.88. The molecule has 0 fully saturated rings. The summed E-state index contributed by atoms with van der Waals surface area (Å²) in [6.45, 7) is 7.25. The summed E-state index contributed by atoms with van der Waals surface area (Å²) in [6.07, 6.45) is 2.12. The van der Waals surface area contributed by atoms with Gasteiger partial charge in [-0.25, -0.2) is 0 Å². The molecule has 0 amide bonds. The van der Waals surface area contributed by atoms with E-state index in [1.165, 1.54) is 5.56 Å². The van der Waals surface area contributed by atoms with Crippen LogP contribution in [0.2, 0.25) is 0 Å². The van der Waals surface area contributed by atoms with Crippen LogP contribution in [0.5, 0.6) is 5.75 Å². The number of nitrogens with zero attached hydrogens (tertiary/aromatic N) is 2. The first-order valence-corrected chi connectivity index (χ1v) is 6.83. The van der Waals surface area contributed by atoms with Gasteiger partial charge in [0.1, 0.15) is 5.75 Å². The summed E-state index contributed by atoms with van der Waals surface area (Å²) in [5.74, 6) is 0.850. The van der Waals surface area contributed by atoms with E-state index in [-0.39, 0.29) is 5.54 Å². The second kappa shape index (κ2) is 5.67. The molecule has 0 saturated carbocycles. The molecule has 0 radical (unpaired) electrons. The van der Waals surface area contributed by atoms with E-state index in [1.54, 1.807) is 7.11 Å². The van der Waals surface area contributed by atoms with E-state index in [0.717, 1.165) is 23.6 Å². The SMILES string of the molecule is CNCc1cn(C(C)(C)C)nc1-c1cccc(OC)c1. The lowest BCUT2D eigenvalue weighted by atomic mass is 10.1. The van der Waals surface area contributed by atoms with Gasteiger partial charge in [-0.05, 0) is 40.0 Å². The van der Waals surface area contributed by atoms with Gasteiger partial charge in [0.2, 0.25) is 0 Å². The maximum absolute atomic E-state index is 5.30. The molecule has 0 atom stereocenters. The van der Waals surface area contributed by atoms with Crippen molar-refractivity contribution in [1.29, 1.82) is 0 Å². The Morgan fingerprint density at radius 2 is 2.05 bits per heavy atom. The van der Waals surface area contributed by atoms with Crippen molar-refractivity contribution in [2.24, 2.45) is 0 Å². The number of hydrogen-bond donors (Lipinski definition) is 1. The maximum Gasteiger partial charge on any atom is 0.119 e. The molecule has 108 valence electrons. The van der Waals surface area contributed by atoms with Crippen molar-refractivity contribution in [2.45, 2.75) is 32.9 Å². The van der Waals surface area contributed by atoms with Gasteiger partial charge >= 0.3 is 0 Å². The number of aromatic nitrogens is 2. The molecule has 1 heterocycles. The summed E-state index contributed by atoms with van der Waals surface area (Å²) < 4.78 is 7.32. The summed E-state index contributed by atoms with van der Waals surface area (Å²) in [5, 5.41) is 7.97. The van der Waals surface area contributed by atoms with E-state index in [4.69, 9.17) is 9.84 Å². The van der Waals surface area contributed by atoms with Crippen molar-refractivity contribution in [3.05, 3.63) is 36.0 Å². The quantitative estimate of drug-likeness (QED) is 0.930. The van der Waals surface area contributed by atoms with Gasteiger partial charge in [0, 0.05) is 23.9 Å². The van der Waals surface area contributed by atoms with Crippen molar-refractivity contribution in [3.8, 4) is 17.0 Å². The van der Waals surface area contributed by atoms with E-state index in [0.29, 0.717) is 0 Å². The van der Waals surface area contributed by atoms with Gasteiger partial charge in [0.05, 0.1) is 18.3 Å². The zero-order valence-electron chi connectivity index (χ0n) is 12.9. The van der Waals surface area contributed by atoms with Crippen LogP contribution in [-0.4, -0.2) is 23.9 Å². The van der Waals surface area contributed by atoms with E-state index < -0.39 is 0 Å². The smallest absolute Gasteiger partial charge is 0.119 e. The second-order valence-electron chi connectivity index (χ2n) is 5.88. The topological polar surface area (TPSA) is 39.1 Å². The van der Waals surface area contributed by atoms with Gasteiger partial charge in [0.25, 0.3) is 0 Å². The minimum absolute atomic E-state index is 0.0282. The van der Waals surface area contributed by atoms with E-state index in [1.807, 2.05) is 29.9 Å². The normalized spacial score (nSPS) is 11.7. The maximum atomic E-state index is 5.30. The monoisotopic (exact) mass is 273 g/mol. The Hall–Kier alpha value is -1.81. The molecule has 0 unspecified atom stereocenters. The summed E-state index contributed by atoms with van der Waals surface area (Å²) in [6, 6.07) is 8.03. The molecule has 0 saturated heterocycles. The standard InChI is InChI=1S/C16H23N3O/c1-16(2,3)19-11-13(10-17-4)15(18-19)12-7-6-8-14(9-12)20-5/h6-9,11,17H,10H2,1-5H3. The molecule has 0 bridgehead atoms. The van der Waals surface area contributed by atoms with Crippen molar-refractivity contribution in [3.63, 3.8) is 0 Å². The summed E-state index contributed by atoms with van der Waals surface area (Å²) in [4.78, 5) is 0. The fourth-order valence-corrected chi connectivity index (χ4v) is 2.09. The van der Waals surface area contributed by atoms with Crippen LogP contribution in [0.15, 0.2) is 30.5 Å². The molecule has 0 aliphatic carbocycles. The molecule has 1 aromatic carbocycles. The van der Waals surface area contributed by atoms with Crippen LogP contribution in [0.25, 0.3) is 11.3 Å². The van der Waals surface area contributed by atoms with Crippen molar-refractivity contribution in [1.82, 2.24) is 15.1 Å².